The third-order valence-corrected chi connectivity index (χ3v) is 8.43. The number of ether oxygens (including phenoxy) is 6. The topological polar surface area (TPSA) is 129 Å². The zero-order valence-corrected chi connectivity index (χ0v) is 28.6. The Morgan fingerprint density at radius 3 is 2.17 bits per heavy atom. The number of rotatable bonds is 16. The van der Waals surface area contributed by atoms with Gasteiger partial charge in [-0.05, 0) is 43.9 Å². The molecule has 0 amide bonds. The first-order valence-electron chi connectivity index (χ1n) is 15.2. The fourth-order valence-electron chi connectivity index (χ4n) is 5.04. The van der Waals surface area contributed by atoms with E-state index in [2.05, 4.69) is 15.3 Å². The zero-order valence-electron chi connectivity index (χ0n) is 27.8. The normalized spacial score (nSPS) is 11.2. The number of methoxy groups -OCH3 is 5. The molecule has 0 spiro atoms. The molecule has 0 N–H and O–H groups in total. The van der Waals surface area contributed by atoms with Crippen molar-refractivity contribution in [3.8, 4) is 45.8 Å². The maximum absolute atomic E-state index is 13.5. The van der Waals surface area contributed by atoms with Crippen LogP contribution in [0.1, 0.15) is 30.7 Å². The van der Waals surface area contributed by atoms with E-state index >= 15 is 0 Å². The number of benzene rings is 3. The van der Waals surface area contributed by atoms with E-state index in [4.69, 9.17) is 32.8 Å². The molecule has 0 bridgehead atoms. The van der Waals surface area contributed by atoms with Gasteiger partial charge in [-0.3, -0.25) is 4.79 Å². The van der Waals surface area contributed by atoms with Crippen LogP contribution in [0, 0.1) is 6.92 Å². The summed E-state index contributed by atoms with van der Waals surface area (Å²) < 4.78 is 41.8. The smallest absolute Gasteiger partial charge is 0.212 e. The molecular weight excluding hydrogens is 636 g/mol. The fourth-order valence-corrected chi connectivity index (χ4v) is 5.97. The third-order valence-electron chi connectivity index (χ3n) is 7.42. The average molecular weight is 675 g/mol. The number of nitrogens with zero attached hydrogens (tertiary/aromatic N) is 4. The van der Waals surface area contributed by atoms with Gasteiger partial charge < -0.3 is 32.8 Å². The maximum atomic E-state index is 13.5. The minimum Gasteiger partial charge on any atom is -0.493 e. The molecule has 0 saturated heterocycles. The van der Waals surface area contributed by atoms with Crippen molar-refractivity contribution in [3.05, 3.63) is 76.2 Å². The van der Waals surface area contributed by atoms with Crippen LogP contribution in [0.25, 0.3) is 22.3 Å². The largest absolute Gasteiger partial charge is 0.493 e. The van der Waals surface area contributed by atoms with Gasteiger partial charge in [-0.25, -0.2) is 0 Å². The molecule has 5 rings (SSSR count). The van der Waals surface area contributed by atoms with Gasteiger partial charge in [-0.15, -0.1) is 10.2 Å². The number of unbranched alkanes of at least 4 members (excludes halogenated alkanes) is 2. The lowest BCUT2D eigenvalue weighted by Gasteiger charge is -2.17. The van der Waals surface area contributed by atoms with Crippen molar-refractivity contribution in [2.24, 2.45) is 5.10 Å². The fraction of sp³-hybridized carbons (Fsp3) is 0.314. The van der Waals surface area contributed by atoms with Crippen molar-refractivity contribution in [1.29, 1.82) is 0 Å². The van der Waals surface area contributed by atoms with Crippen LogP contribution < -0.4 is 33.8 Å². The molecule has 0 aliphatic carbocycles. The van der Waals surface area contributed by atoms with Crippen molar-refractivity contribution >= 4 is 28.9 Å². The lowest BCUT2D eigenvalue weighted by atomic mass is 10.1. The van der Waals surface area contributed by atoms with Crippen LogP contribution in [0.5, 0.6) is 34.5 Å². The van der Waals surface area contributed by atoms with Gasteiger partial charge in [0.25, 0.3) is 0 Å². The summed E-state index contributed by atoms with van der Waals surface area (Å²) in [4.78, 5) is 13.5. The second-order valence-corrected chi connectivity index (χ2v) is 11.5. The molecule has 0 saturated carbocycles. The summed E-state index contributed by atoms with van der Waals surface area (Å²) in [6.45, 7) is 2.28. The number of hydrogen-bond acceptors (Lipinski definition) is 12. The monoisotopic (exact) mass is 674 g/mol. The molecule has 0 aliphatic heterocycles. The Morgan fingerprint density at radius 2 is 1.50 bits per heavy atom. The summed E-state index contributed by atoms with van der Waals surface area (Å²) in [5, 5.41) is 14.0. The molecule has 0 fully saturated rings. The van der Waals surface area contributed by atoms with Gasteiger partial charge in [-0.2, -0.15) is 9.78 Å². The minimum absolute atomic E-state index is 0.246. The van der Waals surface area contributed by atoms with Crippen molar-refractivity contribution < 1.29 is 32.8 Å². The molecule has 2 heterocycles. The quantitative estimate of drug-likeness (QED) is 0.0636. The van der Waals surface area contributed by atoms with E-state index in [0.29, 0.717) is 46.7 Å². The lowest BCUT2D eigenvalue weighted by molar-refractivity contribution is 0.269. The van der Waals surface area contributed by atoms with E-state index in [1.54, 1.807) is 40.9 Å². The first-order chi connectivity index (χ1) is 23.4. The standard InChI is InChI=1S/C35H38N4O8S/c1-22-37-38-35(39(22)36-21-23-13-9-7-10-14-23)48-16-12-8-11-15-46-33-30(43-4)20-27-31(34(33)45-6)25(40)19-26(47-27)24-17-28(41-2)32(44-5)29(18-24)42-3/h7,9-10,13-14,17-21H,8,11-12,15-16H2,1-6H3. The van der Waals surface area contributed by atoms with Gasteiger partial charge in [0.2, 0.25) is 16.7 Å². The molecule has 2 aromatic heterocycles. The van der Waals surface area contributed by atoms with Gasteiger partial charge in [0.15, 0.2) is 34.3 Å². The molecular formula is C35H38N4O8S. The van der Waals surface area contributed by atoms with Gasteiger partial charge in [0, 0.05) is 23.4 Å². The van der Waals surface area contributed by atoms with Crippen LogP contribution in [0.4, 0.5) is 0 Å². The van der Waals surface area contributed by atoms with Gasteiger partial charge in [-0.1, -0.05) is 42.1 Å². The van der Waals surface area contributed by atoms with E-state index < -0.39 is 0 Å². The summed E-state index contributed by atoms with van der Waals surface area (Å²) in [5.41, 5.74) is 1.54. The van der Waals surface area contributed by atoms with Crippen LogP contribution in [0.3, 0.4) is 0 Å². The zero-order chi connectivity index (χ0) is 34.0. The van der Waals surface area contributed by atoms with Crippen LogP contribution in [-0.2, 0) is 0 Å². The van der Waals surface area contributed by atoms with Crippen LogP contribution >= 0.6 is 11.8 Å². The second-order valence-electron chi connectivity index (χ2n) is 10.5. The van der Waals surface area contributed by atoms with Crippen LogP contribution in [-0.4, -0.2) is 69.0 Å². The highest BCUT2D eigenvalue weighted by atomic mass is 32.2. The van der Waals surface area contributed by atoms with Crippen molar-refractivity contribution in [3.63, 3.8) is 0 Å². The average Bonchev–Trinajstić information content (AvgIpc) is 3.47. The molecule has 12 nitrogen and oxygen atoms in total. The number of hydrogen-bond donors (Lipinski definition) is 0. The van der Waals surface area contributed by atoms with Crippen molar-refractivity contribution in [1.82, 2.24) is 14.9 Å². The molecule has 48 heavy (non-hydrogen) atoms. The van der Waals surface area contributed by atoms with E-state index in [9.17, 15) is 4.79 Å². The Hall–Kier alpha value is -5.17. The Balaban J connectivity index is 1.25. The predicted octanol–water partition coefficient (Wildman–Crippen LogP) is 6.63. The van der Waals surface area contributed by atoms with E-state index in [1.165, 1.54) is 41.6 Å². The summed E-state index contributed by atoms with van der Waals surface area (Å²) in [5.74, 6) is 4.13. The molecule has 3 aromatic carbocycles. The summed E-state index contributed by atoms with van der Waals surface area (Å²) in [6.07, 6.45) is 4.41. The molecule has 13 heteroatoms. The Labute approximate surface area is 282 Å². The number of fused-ring (bicyclic) bond motifs is 1. The first kappa shape index (κ1) is 34.2. The summed E-state index contributed by atoms with van der Waals surface area (Å²) >= 11 is 1.61. The molecule has 0 unspecified atom stereocenters. The Bertz CT molecular complexity index is 1920. The summed E-state index contributed by atoms with van der Waals surface area (Å²) in [6, 6.07) is 16.3. The minimum atomic E-state index is -0.308. The SMILES string of the molecule is COc1cc(-c2cc(=O)c3c(OC)c(OCCCCCSc4nnc(C)n4N=Cc4ccccc4)c(OC)cc3o2)cc(OC)c1OC. The molecule has 0 aliphatic rings. The predicted molar refractivity (Wildman–Crippen MR) is 185 cm³/mol. The second kappa shape index (κ2) is 16.1. The highest BCUT2D eigenvalue weighted by molar-refractivity contribution is 7.99. The maximum Gasteiger partial charge on any atom is 0.212 e. The van der Waals surface area contributed by atoms with Crippen molar-refractivity contribution in [2.75, 3.05) is 47.9 Å². The van der Waals surface area contributed by atoms with Crippen LogP contribution in [0.2, 0.25) is 0 Å². The van der Waals surface area contributed by atoms with E-state index in [0.717, 1.165) is 41.6 Å². The lowest BCUT2D eigenvalue weighted by Crippen LogP contribution is -2.07. The first-order valence-corrected chi connectivity index (χ1v) is 16.2. The molecule has 0 atom stereocenters. The van der Waals surface area contributed by atoms with Crippen molar-refractivity contribution in [2.45, 2.75) is 31.3 Å². The van der Waals surface area contributed by atoms with Gasteiger partial charge in [0.05, 0.1) is 48.4 Å². The highest BCUT2D eigenvalue weighted by Gasteiger charge is 2.23. The van der Waals surface area contributed by atoms with E-state index in [1.807, 2.05) is 37.3 Å². The van der Waals surface area contributed by atoms with E-state index in [-0.39, 0.29) is 22.1 Å². The highest BCUT2D eigenvalue weighted by Crippen LogP contribution is 2.45. The van der Waals surface area contributed by atoms with Gasteiger partial charge >= 0.3 is 0 Å². The molecule has 0 radical (unpaired) electrons. The molecule has 252 valence electrons. The number of aromatic nitrogens is 3. The Kier molecular flexibility index (Phi) is 11.5. The third kappa shape index (κ3) is 7.52. The summed E-state index contributed by atoms with van der Waals surface area (Å²) in [7, 11) is 7.57. The Morgan fingerprint density at radius 1 is 0.812 bits per heavy atom. The van der Waals surface area contributed by atoms with Crippen LogP contribution in [0.15, 0.2) is 74.1 Å². The number of aryl methyl sites for hydroxylation is 1. The number of thioether (sulfide) groups is 1. The van der Waals surface area contributed by atoms with Gasteiger partial charge in [0.1, 0.15) is 16.7 Å². The molecule has 5 aromatic rings.